The number of unbranched alkanes of at least 4 members (excludes halogenated alkanes) is 3. The lowest BCUT2D eigenvalue weighted by Gasteiger charge is -2.13. The molecule has 0 amide bonds. The number of hydrogen-bond donors (Lipinski definition) is 1. The Morgan fingerprint density at radius 2 is 1.03 bits per heavy atom. The fraction of sp³-hybridized carbons (Fsp3) is 0.571. The van der Waals surface area contributed by atoms with Crippen LogP contribution in [-0.2, 0) is 33.4 Å². The lowest BCUT2D eigenvalue weighted by atomic mass is 10.0. The van der Waals surface area contributed by atoms with Crippen LogP contribution in [0.5, 0.6) is 0 Å². The Labute approximate surface area is 218 Å². The lowest BCUT2D eigenvalue weighted by molar-refractivity contribution is -0.139. The number of carbonyl (C=O) groups is 4. The molecule has 0 aliphatic carbocycles. The van der Waals surface area contributed by atoms with Gasteiger partial charge in [-0.15, -0.1) is 0 Å². The fourth-order valence-electron chi connectivity index (χ4n) is 1.91. The van der Waals surface area contributed by atoms with Crippen molar-refractivity contribution in [1.29, 1.82) is 0 Å². The predicted octanol–water partition coefficient (Wildman–Crippen LogP) is 6.22. The number of carboxylic acids is 1. The Morgan fingerprint density at radius 1 is 0.667 bits per heavy atom. The highest BCUT2D eigenvalue weighted by molar-refractivity contribution is 5.81. The fourth-order valence-corrected chi connectivity index (χ4v) is 1.91. The van der Waals surface area contributed by atoms with Gasteiger partial charge in [0.25, 0.3) is 0 Å². The first-order valence-corrected chi connectivity index (χ1v) is 12.4. The number of carboxylic acid groups (broad SMARTS) is 1. The third-order valence-electron chi connectivity index (χ3n) is 4.16. The van der Waals surface area contributed by atoms with E-state index in [4.69, 9.17) is 9.84 Å². The van der Waals surface area contributed by atoms with Gasteiger partial charge >= 0.3 is 23.9 Å². The molecule has 0 radical (unpaired) electrons. The van der Waals surface area contributed by atoms with E-state index in [1.165, 1.54) is 31.1 Å². The van der Waals surface area contributed by atoms with Crippen LogP contribution >= 0.6 is 0 Å². The van der Waals surface area contributed by atoms with Gasteiger partial charge < -0.3 is 19.3 Å². The third kappa shape index (κ3) is 41.1. The molecule has 0 aliphatic rings. The van der Waals surface area contributed by atoms with Crippen molar-refractivity contribution in [2.45, 2.75) is 79.1 Å². The lowest BCUT2D eigenvalue weighted by Crippen LogP contribution is -2.12. The first-order chi connectivity index (χ1) is 17.1. The summed E-state index contributed by atoms with van der Waals surface area (Å²) >= 11 is 0. The van der Waals surface area contributed by atoms with Crippen molar-refractivity contribution < 1.29 is 38.5 Å². The third-order valence-corrected chi connectivity index (χ3v) is 4.16. The summed E-state index contributed by atoms with van der Waals surface area (Å²) in [5.41, 5.74) is 0. The van der Waals surface area contributed by atoms with Crippen LogP contribution in [0, 0.1) is 5.92 Å². The summed E-state index contributed by atoms with van der Waals surface area (Å²) in [6, 6.07) is 0. The maximum atomic E-state index is 10.8. The van der Waals surface area contributed by atoms with Gasteiger partial charge in [-0.25, -0.2) is 19.2 Å². The average molecular weight is 513 g/mol. The molecule has 0 bridgehead atoms. The van der Waals surface area contributed by atoms with Crippen LogP contribution in [0.2, 0.25) is 0 Å². The molecule has 208 valence electrons. The quantitative estimate of drug-likeness (QED) is 0.112. The summed E-state index contributed by atoms with van der Waals surface area (Å²) in [4.78, 5) is 40.7. The Balaban J connectivity index is -0.000000199. The molecule has 1 unspecified atom stereocenters. The van der Waals surface area contributed by atoms with Crippen LogP contribution < -0.4 is 0 Å². The molecule has 0 aromatic heterocycles. The number of rotatable bonds is 16. The van der Waals surface area contributed by atoms with Crippen LogP contribution in [0.4, 0.5) is 0 Å². The summed E-state index contributed by atoms with van der Waals surface area (Å²) in [5, 5.41) is 7.60. The predicted molar refractivity (Wildman–Crippen MR) is 144 cm³/mol. The number of carbonyl (C=O) groups excluding carboxylic acids is 3. The van der Waals surface area contributed by atoms with Crippen molar-refractivity contribution in [1.82, 2.24) is 0 Å². The van der Waals surface area contributed by atoms with E-state index in [2.05, 4.69) is 49.6 Å². The van der Waals surface area contributed by atoms with Crippen molar-refractivity contribution in [3.05, 3.63) is 50.6 Å². The second-order valence-electron chi connectivity index (χ2n) is 7.24. The van der Waals surface area contributed by atoms with Gasteiger partial charge in [-0.2, -0.15) is 0 Å². The van der Waals surface area contributed by atoms with Crippen LogP contribution in [0.3, 0.4) is 0 Å². The molecule has 8 nitrogen and oxygen atoms in total. The first-order valence-electron chi connectivity index (χ1n) is 12.4. The highest BCUT2D eigenvalue weighted by Gasteiger charge is 2.07. The minimum atomic E-state index is -0.981. The number of esters is 3. The van der Waals surface area contributed by atoms with E-state index >= 15 is 0 Å². The molecule has 0 aliphatic heterocycles. The molecule has 36 heavy (non-hydrogen) atoms. The van der Waals surface area contributed by atoms with Gasteiger partial charge in [-0.05, 0) is 25.2 Å². The van der Waals surface area contributed by atoms with Gasteiger partial charge in [0.05, 0.1) is 19.8 Å². The van der Waals surface area contributed by atoms with E-state index in [-0.39, 0.29) is 17.9 Å². The second-order valence-corrected chi connectivity index (χ2v) is 7.24. The average Bonchev–Trinajstić information content (AvgIpc) is 2.89. The van der Waals surface area contributed by atoms with Gasteiger partial charge in [0, 0.05) is 24.3 Å². The molecule has 8 heteroatoms. The molecule has 0 aromatic carbocycles. The number of aliphatic carboxylic acids is 1. The SMILES string of the molecule is C=CC(=O)O.C=CC(=O)OCC(CC)CCCC.C=CC(=O)OCCCC.C=CC(=O)OCCCC. The van der Waals surface area contributed by atoms with Crippen LogP contribution in [-0.4, -0.2) is 48.8 Å². The van der Waals surface area contributed by atoms with Crippen molar-refractivity contribution in [2.75, 3.05) is 19.8 Å². The van der Waals surface area contributed by atoms with E-state index in [1.54, 1.807) is 0 Å². The maximum Gasteiger partial charge on any atom is 0.330 e. The second kappa shape index (κ2) is 34.0. The van der Waals surface area contributed by atoms with Gasteiger partial charge in [0.2, 0.25) is 0 Å². The van der Waals surface area contributed by atoms with Gasteiger partial charge in [-0.3, -0.25) is 0 Å². The summed E-state index contributed by atoms with van der Waals surface area (Å²) in [6.45, 7) is 22.8. The molecule has 0 saturated heterocycles. The molecule has 0 heterocycles. The summed E-state index contributed by atoms with van der Waals surface area (Å²) < 4.78 is 14.3. The Hall–Kier alpha value is -3.16. The zero-order valence-electron chi connectivity index (χ0n) is 22.8. The molecule has 1 atom stereocenters. The minimum absolute atomic E-state index is 0.310. The van der Waals surface area contributed by atoms with Gasteiger partial charge in [0.15, 0.2) is 0 Å². The molecule has 0 fully saturated rings. The smallest absolute Gasteiger partial charge is 0.330 e. The molecule has 1 N–H and O–H groups in total. The van der Waals surface area contributed by atoms with E-state index in [1.807, 2.05) is 13.8 Å². The Bertz CT molecular complexity index is 585. The Morgan fingerprint density at radius 3 is 1.31 bits per heavy atom. The number of ether oxygens (including phenoxy) is 3. The zero-order valence-corrected chi connectivity index (χ0v) is 22.8. The molecule has 0 saturated carbocycles. The van der Waals surface area contributed by atoms with Gasteiger partial charge in [0.1, 0.15) is 0 Å². The molecular formula is C28H48O8. The van der Waals surface area contributed by atoms with Crippen LogP contribution in [0.1, 0.15) is 79.1 Å². The van der Waals surface area contributed by atoms with Crippen LogP contribution in [0.25, 0.3) is 0 Å². The summed E-state index contributed by atoms with van der Waals surface area (Å²) in [5.74, 6) is -1.43. The molecule has 0 aromatic rings. The van der Waals surface area contributed by atoms with Crippen molar-refractivity contribution in [2.24, 2.45) is 5.92 Å². The highest BCUT2D eigenvalue weighted by atomic mass is 16.5. The summed E-state index contributed by atoms with van der Waals surface area (Å²) in [6.07, 6.45) is 13.0. The first kappa shape index (κ1) is 40.0. The molecular weight excluding hydrogens is 464 g/mol. The largest absolute Gasteiger partial charge is 0.478 e. The van der Waals surface area contributed by atoms with E-state index in [9.17, 15) is 19.2 Å². The Kier molecular flexibility index (Phi) is 37.8. The van der Waals surface area contributed by atoms with E-state index < -0.39 is 5.97 Å². The van der Waals surface area contributed by atoms with Crippen molar-refractivity contribution >= 4 is 23.9 Å². The van der Waals surface area contributed by atoms with Crippen molar-refractivity contribution in [3.8, 4) is 0 Å². The molecule has 0 spiro atoms. The summed E-state index contributed by atoms with van der Waals surface area (Å²) in [7, 11) is 0. The standard InChI is InChI=1S/C11H20O2.2C7H12O2.C3H4O2/c1-4-7-8-10(5-2)9-13-11(12)6-3;2*1-3-5-6-9-7(8)4-2;1-2-3(4)5/h6,10H,3-5,7-9H2,1-2H3;2*4H,2-3,5-6H2,1H3;2H,1H2,(H,4,5). The monoisotopic (exact) mass is 512 g/mol. The number of hydrogen-bond acceptors (Lipinski definition) is 7. The topological polar surface area (TPSA) is 116 Å². The normalized spacial score (nSPS) is 9.56. The molecule has 0 rings (SSSR count). The van der Waals surface area contributed by atoms with E-state index in [0.29, 0.717) is 25.7 Å². The zero-order chi connectivity index (χ0) is 28.6. The van der Waals surface area contributed by atoms with Crippen LogP contribution in [0.15, 0.2) is 50.6 Å². The van der Waals surface area contributed by atoms with Crippen molar-refractivity contribution in [3.63, 3.8) is 0 Å². The van der Waals surface area contributed by atoms with E-state index in [0.717, 1.165) is 44.6 Å². The minimum Gasteiger partial charge on any atom is -0.478 e. The highest BCUT2D eigenvalue weighted by Crippen LogP contribution is 2.12. The maximum absolute atomic E-state index is 10.8. The van der Waals surface area contributed by atoms with Gasteiger partial charge in [-0.1, -0.05) is 86.1 Å².